The molecular formula is C14H12Cl2F2NO3+. The van der Waals surface area contributed by atoms with Gasteiger partial charge in [0.2, 0.25) is 0 Å². The number of aliphatic hydroxyl groups is 1. The first-order valence-electron chi connectivity index (χ1n) is 6.18. The molecule has 0 bridgehead atoms. The minimum atomic E-state index is -3.04. The minimum absolute atomic E-state index is 0.0981. The number of hydrogen-bond acceptors (Lipinski definition) is 3. The monoisotopic (exact) mass is 350 g/mol. The van der Waals surface area contributed by atoms with Gasteiger partial charge in [-0.3, -0.25) is 0 Å². The van der Waals surface area contributed by atoms with E-state index in [9.17, 15) is 19.0 Å². The van der Waals surface area contributed by atoms with E-state index in [-0.39, 0.29) is 12.2 Å². The van der Waals surface area contributed by atoms with Gasteiger partial charge < -0.3 is 14.9 Å². The fraction of sp³-hybridized carbons (Fsp3) is 0.214. The minimum Gasteiger partial charge on any atom is -0.504 e. The largest absolute Gasteiger partial charge is 0.504 e. The normalized spacial score (nSPS) is 12.5. The number of benzene rings is 1. The molecule has 0 saturated carbocycles. The van der Waals surface area contributed by atoms with Gasteiger partial charge in [-0.2, -0.15) is 8.78 Å². The average molecular weight is 351 g/mol. The maximum absolute atomic E-state index is 12.1. The van der Waals surface area contributed by atoms with Crippen molar-refractivity contribution < 1.29 is 28.7 Å². The molecule has 0 radical (unpaired) electrons. The number of nitrogens with one attached hydrogen (secondary N) is 1. The van der Waals surface area contributed by atoms with Gasteiger partial charge in [-0.05, 0) is 17.7 Å². The summed E-state index contributed by atoms with van der Waals surface area (Å²) in [6.45, 7) is -3.04. The molecule has 118 valence electrons. The van der Waals surface area contributed by atoms with Crippen LogP contribution < -0.4 is 9.72 Å². The molecule has 8 heteroatoms. The Morgan fingerprint density at radius 3 is 2.36 bits per heavy atom. The smallest absolute Gasteiger partial charge is 0.387 e. The first kappa shape index (κ1) is 16.7. The van der Waals surface area contributed by atoms with Crippen LogP contribution in [0, 0.1) is 0 Å². The van der Waals surface area contributed by atoms with Crippen LogP contribution in [0.5, 0.6) is 11.5 Å². The van der Waals surface area contributed by atoms with E-state index in [1.165, 1.54) is 18.5 Å². The number of rotatable bonds is 5. The Bertz CT molecular complexity index is 650. The number of aliphatic hydroxyl groups excluding tert-OH is 1. The molecule has 3 N–H and O–H groups in total. The number of halogens is 4. The van der Waals surface area contributed by atoms with E-state index >= 15 is 0 Å². The molecule has 2 rings (SSSR count). The summed E-state index contributed by atoms with van der Waals surface area (Å²) in [6, 6.07) is 3.68. The van der Waals surface area contributed by atoms with Crippen LogP contribution in [0.2, 0.25) is 10.0 Å². The van der Waals surface area contributed by atoms with Crippen molar-refractivity contribution in [2.45, 2.75) is 19.1 Å². The molecule has 0 unspecified atom stereocenters. The zero-order valence-corrected chi connectivity index (χ0v) is 12.6. The van der Waals surface area contributed by atoms with E-state index in [2.05, 4.69) is 9.72 Å². The Hall–Kier alpha value is -1.63. The number of phenolic OH excluding ortho intramolecular Hbond substituents is 1. The van der Waals surface area contributed by atoms with Crippen molar-refractivity contribution in [3.63, 3.8) is 0 Å². The summed E-state index contributed by atoms with van der Waals surface area (Å²) in [5, 5.41) is 20.5. The van der Waals surface area contributed by atoms with Gasteiger partial charge in [0, 0.05) is 12.0 Å². The van der Waals surface area contributed by atoms with Crippen LogP contribution in [0.25, 0.3) is 0 Å². The Labute approximate surface area is 134 Å². The first-order chi connectivity index (χ1) is 10.4. The molecule has 0 amide bonds. The molecule has 0 spiro atoms. The summed E-state index contributed by atoms with van der Waals surface area (Å²) in [4.78, 5) is 2.74. The van der Waals surface area contributed by atoms with Gasteiger partial charge in [-0.15, -0.1) is 0 Å². The fourth-order valence-corrected chi connectivity index (χ4v) is 2.45. The van der Waals surface area contributed by atoms with Gasteiger partial charge in [-0.1, -0.05) is 29.3 Å². The van der Waals surface area contributed by atoms with Crippen molar-refractivity contribution in [2.75, 3.05) is 0 Å². The molecule has 2 aromatic rings. The molecule has 4 nitrogen and oxygen atoms in total. The van der Waals surface area contributed by atoms with Gasteiger partial charge in [0.15, 0.2) is 23.9 Å². The highest BCUT2D eigenvalue weighted by molar-refractivity contribution is 6.35. The van der Waals surface area contributed by atoms with Crippen molar-refractivity contribution in [3.8, 4) is 11.5 Å². The second-order valence-corrected chi connectivity index (χ2v) is 5.27. The SMILES string of the molecule is Oc1cc([C@@H](O)Cc2c(Cl)c[nH+]cc2Cl)ccc1OC(F)F. The fourth-order valence-electron chi connectivity index (χ4n) is 1.92. The van der Waals surface area contributed by atoms with Crippen molar-refractivity contribution in [3.05, 3.63) is 51.8 Å². The van der Waals surface area contributed by atoms with Gasteiger partial charge in [0.1, 0.15) is 10.0 Å². The molecule has 22 heavy (non-hydrogen) atoms. The highest BCUT2D eigenvalue weighted by atomic mass is 35.5. The zero-order valence-electron chi connectivity index (χ0n) is 11.1. The van der Waals surface area contributed by atoms with Crippen molar-refractivity contribution >= 4 is 23.2 Å². The Morgan fingerprint density at radius 1 is 1.18 bits per heavy atom. The second-order valence-electron chi connectivity index (χ2n) is 4.46. The number of aromatic amines is 1. The maximum Gasteiger partial charge on any atom is 0.387 e. The van der Waals surface area contributed by atoms with Gasteiger partial charge in [0.05, 0.1) is 6.10 Å². The van der Waals surface area contributed by atoms with Gasteiger partial charge in [0.25, 0.3) is 0 Å². The van der Waals surface area contributed by atoms with E-state index in [0.717, 1.165) is 12.1 Å². The van der Waals surface area contributed by atoms with Crippen LogP contribution >= 0.6 is 23.2 Å². The molecule has 0 saturated heterocycles. The van der Waals surface area contributed by atoms with E-state index in [1.807, 2.05) is 0 Å². The van der Waals surface area contributed by atoms with Crippen molar-refractivity contribution in [1.29, 1.82) is 0 Å². The standard InChI is InChI=1S/C14H11Cl2F2NO3/c15-9-5-19-6-10(16)8(9)4-11(20)7-1-2-13(12(21)3-7)22-14(17)18/h1-3,5-6,11,14,20-21H,4H2/p+1/t11-/m0/s1. The van der Waals surface area contributed by atoms with Crippen molar-refractivity contribution in [1.82, 2.24) is 0 Å². The number of aromatic hydroxyl groups is 1. The molecule has 1 atom stereocenters. The molecule has 1 aromatic carbocycles. The molecule has 0 aliphatic rings. The predicted octanol–water partition coefficient (Wildman–Crippen LogP) is 3.39. The quantitative estimate of drug-likeness (QED) is 0.868. The lowest BCUT2D eigenvalue weighted by molar-refractivity contribution is -0.377. The summed E-state index contributed by atoms with van der Waals surface area (Å²) in [6.07, 6.45) is 2.11. The summed E-state index contributed by atoms with van der Waals surface area (Å²) in [5.41, 5.74) is 0.848. The van der Waals surface area contributed by atoms with Gasteiger partial charge in [-0.25, -0.2) is 4.98 Å². The molecule has 1 heterocycles. The van der Waals surface area contributed by atoms with Crippen LogP contribution in [0.15, 0.2) is 30.6 Å². The number of phenols is 1. The van der Waals surface area contributed by atoms with Crippen LogP contribution in [0.3, 0.4) is 0 Å². The number of alkyl halides is 2. The summed E-state index contributed by atoms with van der Waals surface area (Å²) >= 11 is 12.0. The van der Waals surface area contributed by atoms with Crippen molar-refractivity contribution in [2.24, 2.45) is 0 Å². The molecular weight excluding hydrogens is 339 g/mol. The van der Waals surface area contributed by atoms with Crippen LogP contribution in [-0.2, 0) is 6.42 Å². The number of pyridine rings is 1. The summed E-state index contributed by atoms with van der Waals surface area (Å²) < 4.78 is 28.4. The number of H-pyrrole nitrogens is 1. The topological polar surface area (TPSA) is 63.8 Å². The maximum atomic E-state index is 12.1. The molecule has 0 aliphatic carbocycles. The second kappa shape index (κ2) is 7.09. The third kappa shape index (κ3) is 3.97. The predicted molar refractivity (Wildman–Crippen MR) is 76.4 cm³/mol. The van der Waals surface area contributed by atoms with E-state index in [4.69, 9.17) is 23.2 Å². The average Bonchev–Trinajstić information content (AvgIpc) is 2.44. The summed E-state index contributed by atoms with van der Waals surface area (Å²) in [5.74, 6) is -0.855. The van der Waals surface area contributed by atoms with E-state index in [0.29, 0.717) is 21.2 Å². The third-order valence-corrected chi connectivity index (χ3v) is 3.65. The lowest BCUT2D eigenvalue weighted by atomic mass is 10.0. The molecule has 0 fully saturated rings. The Morgan fingerprint density at radius 2 is 1.82 bits per heavy atom. The van der Waals surface area contributed by atoms with Crippen LogP contribution in [-0.4, -0.2) is 16.8 Å². The van der Waals surface area contributed by atoms with E-state index in [1.54, 1.807) is 0 Å². The number of ether oxygens (including phenoxy) is 1. The first-order valence-corrected chi connectivity index (χ1v) is 6.94. The van der Waals surface area contributed by atoms with Crippen LogP contribution in [0.4, 0.5) is 8.78 Å². The third-order valence-electron chi connectivity index (χ3n) is 2.98. The zero-order chi connectivity index (χ0) is 16.3. The molecule has 1 aromatic heterocycles. The van der Waals surface area contributed by atoms with Crippen LogP contribution in [0.1, 0.15) is 17.2 Å². The highest BCUT2D eigenvalue weighted by Gasteiger charge is 2.18. The van der Waals surface area contributed by atoms with E-state index < -0.39 is 18.5 Å². The number of hydrogen-bond donors (Lipinski definition) is 2. The van der Waals surface area contributed by atoms with Gasteiger partial charge >= 0.3 is 6.61 Å². The lowest BCUT2D eigenvalue weighted by Gasteiger charge is -2.14. The Balaban J connectivity index is 2.19. The highest BCUT2D eigenvalue weighted by Crippen LogP contribution is 2.33. The Kier molecular flexibility index (Phi) is 5.39. The number of aromatic nitrogens is 1. The summed E-state index contributed by atoms with van der Waals surface area (Å²) in [7, 11) is 0. The lowest BCUT2D eigenvalue weighted by Crippen LogP contribution is -2.08. The molecule has 0 aliphatic heterocycles.